The number of hydrogen-bond acceptors (Lipinski definition) is 2. The zero-order valence-electron chi connectivity index (χ0n) is 14.2. The number of hydrogen-bond donors (Lipinski definition) is 1. The van der Waals surface area contributed by atoms with Gasteiger partial charge in [0.1, 0.15) is 11.6 Å². The standard InChI is InChI=1S/C20H22FNO2/c1-12-4-9-19(24-3)16(10-12)13(2)22-20(23)18-11-17(18)14-5-7-15(21)8-6-14/h4-10,13,17-18H,11H2,1-3H3,(H,22,23). The monoisotopic (exact) mass is 327 g/mol. The molecule has 1 aliphatic carbocycles. The smallest absolute Gasteiger partial charge is 0.224 e. The molecule has 2 aromatic rings. The molecule has 1 N–H and O–H groups in total. The Hall–Kier alpha value is -2.36. The summed E-state index contributed by atoms with van der Waals surface area (Å²) in [7, 11) is 1.63. The Morgan fingerprint density at radius 3 is 2.62 bits per heavy atom. The van der Waals surface area contributed by atoms with Gasteiger partial charge in [0.05, 0.1) is 13.2 Å². The van der Waals surface area contributed by atoms with E-state index in [0.717, 1.165) is 28.9 Å². The van der Waals surface area contributed by atoms with Crippen molar-refractivity contribution >= 4 is 5.91 Å². The third-order valence-electron chi connectivity index (χ3n) is 4.64. The van der Waals surface area contributed by atoms with Gasteiger partial charge in [0.15, 0.2) is 0 Å². The zero-order chi connectivity index (χ0) is 17.3. The van der Waals surface area contributed by atoms with Gasteiger partial charge in [-0.25, -0.2) is 4.39 Å². The topological polar surface area (TPSA) is 38.3 Å². The van der Waals surface area contributed by atoms with Crippen LogP contribution in [0.3, 0.4) is 0 Å². The van der Waals surface area contributed by atoms with Gasteiger partial charge in [0.2, 0.25) is 5.91 Å². The summed E-state index contributed by atoms with van der Waals surface area (Å²) in [4.78, 5) is 12.5. The molecular formula is C20H22FNO2. The second-order valence-electron chi connectivity index (χ2n) is 6.48. The molecular weight excluding hydrogens is 305 g/mol. The first-order valence-corrected chi connectivity index (χ1v) is 8.20. The third kappa shape index (κ3) is 3.42. The maximum absolute atomic E-state index is 13.0. The minimum atomic E-state index is -0.249. The van der Waals surface area contributed by atoms with Gasteiger partial charge in [0, 0.05) is 11.5 Å². The molecule has 0 aliphatic heterocycles. The van der Waals surface area contributed by atoms with Gasteiger partial charge in [0.25, 0.3) is 0 Å². The summed E-state index contributed by atoms with van der Waals surface area (Å²) in [6.07, 6.45) is 0.815. The van der Waals surface area contributed by atoms with E-state index in [4.69, 9.17) is 4.74 Å². The minimum absolute atomic E-state index is 0.0336. The molecule has 1 aliphatic rings. The Morgan fingerprint density at radius 2 is 1.96 bits per heavy atom. The molecule has 24 heavy (non-hydrogen) atoms. The highest BCUT2D eigenvalue weighted by atomic mass is 19.1. The predicted molar refractivity (Wildman–Crippen MR) is 91.5 cm³/mol. The molecule has 1 fully saturated rings. The molecule has 0 radical (unpaired) electrons. The zero-order valence-corrected chi connectivity index (χ0v) is 14.2. The van der Waals surface area contributed by atoms with E-state index in [9.17, 15) is 9.18 Å². The number of benzene rings is 2. The van der Waals surface area contributed by atoms with Gasteiger partial charge < -0.3 is 10.1 Å². The van der Waals surface area contributed by atoms with Crippen LogP contribution in [0.2, 0.25) is 0 Å². The highest BCUT2D eigenvalue weighted by molar-refractivity contribution is 5.83. The van der Waals surface area contributed by atoms with Crippen molar-refractivity contribution in [3.8, 4) is 5.75 Å². The van der Waals surface area contributed by atoms with Crippen LogP contribution in [0.4, 0.5) is 4.39 Å². The predicted octanol–water partition coefficient (Wildman–Crippen LogP) is 4.12. The number of methoxy groups -OCH3 is 1. The maximum atomic E-state index is 13.0. The lowest BCUT2D eigenvalue weighted by Gasteiger charge is -2.18. The first kappa shape index (κ1) is 16.5. The summed E-state index contributed by atoms with van der Waals surface area (Å²) in [6.45, 7) is 3.98. The van der Waals surface area contributed by atoms with Crippen molar-refractivity contribution in [3.63, 3.8) is 0 Å². The summed E-state index contributed by atoms with van der Waals surface area (Å²) in [5.74, 6) is 0.728. The molecule has 126 valence electrons. The average molecular weight is 327 g/mol. The van der Waals surface area contributed by atoms with Gasteiger partial charge in [-0.2, -0.15) is 0 Å². The van der Waals surface area contributed by atoms with Crippen LogP contribution in [0.1, 0.15) is 42.0 Å². The Bertz CT molecular complexity index is 742. The van der Waals surface area contributed by atoms with E-state index in [-0.39, 0.29) is 29.6 Å². The van der Waals surface area contributed by atoms with Crippen LogP contribution in [0.25, 0.3) is 0 Å². The minimum Gasteiger partial charge on any atom is -0.496 e. The first-order valence-electron chi connectivity index (χ1n) is 8.20. The third-order valence-corrected chi connectivity index (χ3v) is 4.64. The van der Waals surface area contributed by atoms with Gasteiger partial charge in [-0.05, 0) is 49.9 Å². The van der Waals surface area contributed by atoms with Crippen LogP contribution in [-0.4, -0.2) is 13.0 Å². The summed E-state index contributed by atoms with van der Waals surface area (Å²) < 4.78 is 18.4. The number of nitrogens with one attached hydrogen (secondary N) is 1. The molecule has 0 aromatic heterocycles. The summed E-state index contributed by atoms with van der Waals surface area (Å²) in [5, 5.41) is 3.08. The van der Waals surface area contributed by atoms with Crippen molar-refractivity contribution < 1.29 is 13.9 Å². The molecule has 4 heteroatoms. The second-order valence-corrected chi connectivity index (χ2v) is 6.48. The molecule has 0 heterocycles. The van der Waals surface area contributed by atoms with Crippen LogP contribution in [-0.2, 0) is 4.79 Å². The van der Waals surface area contributed by atoms with E-state index in [1.165, 1.54) is 12.1 Å². The molecule has 0 spiro atoms. The summed E-state index contributed by atoms with van der Waals surface area (Å²) >= 11 is 0. The lowest BCUT2D eigenvalue weighted by atomic mass is 10.0. The summed E-state index contributed by atoms with van der Waals surface area (Å²) in [5.41, 5.74) is 3.13. The van der Waals surface area contributed by atoms with Gasteiger partial charge >= 0.3 is 0 Å². The van der Waals surface area contributed by atoms with Crippen molar-refractivity contribution in [2.24, 2.45) is 5.92 Å². The molecule has 3 rings (SSSR count). The van der Waals surface area contributed by atoms with Crippen molar-refractivity contribution in [1.29, 1.82) is 0 Å². The van der Waals surface area contributed by atoms with Gasteiger partial charge in [-0.3, -0.25) is 4.79 Å². The van der Waals surface area contributed by atoms with E-state index in [1.807, 2.05) is 32.0 Å². The first-order chi connectivity index (χ1) is 11.5. The quantitative estimate of drug-likeness (QED) is 0.897. The fraction of sp³-hybridized carbons (Fsp3) is 0.350. The number of amides is 1. The van der Waals surface area contributed by atoms with Crippen LogP contribution in [0, 0.1) is 18.7 Å². The van der Waals surface area contributed by atoms with Crippen molar-refractivity contribution in [2.45, 2.75) is 32.2 Å². The molecule has 3 unspecified atom stereocenters. The van der Waals surface area contributed by atoms with Gasteiger partial charge in [-0.15, -0.1) is 0 Å². The Kier molecular flexibility index (Phi) is 4.56. The largest absolute Gasteiger partial charge is 0.496 e. The van der Waals surface area contributed by atoms with Crippen molar-refractivity contribution in [2.75, 3.05) is 7.11 Å². The van der Waals surface area contributed by atoms with Crippen LogP contribution < -0.4 is 10.1 Å². The highest BCUT2D eigenvalue weighted by Crippen LogP contribution is 2.47. The maximum Gasteiger partial charge on any atom is 0.224 e. The fourth-order valence-electron chi connectivity index (χ4n) is 3.15. The number of carbonyl (C=O) groups excluding carboxylic acids is 1. The van der Waals surface area contributed by atoms with Crippen molar-refractivity contribution in [3.05, 3.63) is 65.0 Å². The van der Waals surface area contributed by atoms with E-state index < -0.39 is 0 Å². The number of ether oxygens (including phenoxy) is 1. The number of rotatable bonds is 5. The SMILES string of the molecule is COc1ccc(C)cc1C(C)NC(=O)C1CC1c1ccc(F)cc1. The van der Waals surface area contributed by atoms with Crippen LogP contribution in [0.15, 0.2) is 42.5 Å². The molecule has 1 amide bonds. The number of halogens is 1. The molecule has 3 nitrogen and oxygen atoms in total. The fourth-order valence-corrected chi connectivity index (χ4v) is 3.15. The van der Waals surface area contributed by atoms with E-state index in [0.29, 0.717) is 0 Å². The van der Waals surface area contributed by atoms with Crippen LogP contribution in [0.5, 0.6) is 5.75 Å². The van der Waals surface area contributed by atoms with E-state index >= 15 is 0 Å². The lowest BCUT2D eigenvalue weighted by molar-refractivity contribution is -0.123. The average Bonchev–Trinajstić information content (AvgIpc) is 3.36. The Labute approximate surface area is 141 Å². The molecule has 3 atom stereocenters. The van der Waals surface area contributed by atoms with E-state index in [2.05, 4.69) is 5.32 Å². The Balaban J connectivity index is 1.65. The molecule has 0 saturated heterocycles. The molecule has 1 saturated carbocycles. The van der Waals surface area contributed by atoms with Gasteiger partial charge in [-0.1, -0.05) is 29.8 Å². The Morgan fingerprint density at radius 1 is 1.25 bits per heavy atom. The normalized spacial score (nSPS) is 20.3. The summed E-state index contributed by atoms with van der Waals surface area (Å²) in [6, 6.07) is 12.2. The molecule has 2 aromatic carbocycles. The number of carbonyl (C=O) groups is 1. The van der Waals surface area contributed by atoms with E-state index in [1.54, 1.807) is 19.2 Å². The number of aryl methyl sites for hydroxylation is 1. The van der Waals surface area contributed by atoms with Crippen LogP contribution >= 0.6 is 0 Å². The lowest BCUT2D eigenvalue weighted by Crippen LogP contribution is -2.28. The molecule has 0 bridgehead atoms. The highest BCUT2D eigenvalue weighted by Gasteiger charge is 2.44. The van der Waals surface area contributed by atoms with Crippen molar-refractivity contribution in [1.82, 2.24) is 5.32 Å². The second kappa shape index (κ2) is 6.63.